The first-order chi connectivity index (χ1) is 8.65. The number of halogens is 2. The molecule has 1 aromatic rings. The summed E-state index contributed by atoms with van der Waals surface area (Å²) in [7, 11) is 0. The summed E-state index contributed by atoms with van der Waals surface area (Å²) in [5.74, 6) is 1.36. The number of nitrogens with one attached hydrogen (secondary N) is 1. The molecule has 0 atom stereocenters. The fourth-order valence-corrected chi connectivity index (χ4v) is 2.60. The molecule has 0 unspecified atom stereocenters. The zero-order chi connectivity index (χ0) is 12.7. The van der Waals surface area contributed by atoms with E-state index in [4.69, 9.17) is 5.73 Å². The second kappa shape index (κ2) is 4.41. The average Bonchev–Trinajstić information content (AvgIpc) is 3.19. The standard InChI is InChI=1S/C14H18F2N2/c15-14(16)11-7-10(17)5-6-12(11)18-13(8-1-2-8)9-3-4-9/h5-9,13-14,18H,1-4,17H2. The van der Waals surface area contributed by atoms with Crippen molar-refractivity contribution in [2.24, 2.45) is 11.8 Å². The predicted octanol–water partition coefficient (Wildman–Crippen LogP) is 3.81. The molecular formula is C14H18F2N2. The van der Waals surface area contributed by atoms with Crippen LogP contribution in [-0.4, -0.2) is 6.04 Å². The number of hydrogen-bond acceptors (Lipinski definition) is 2. The summed E-state index contributed by atoms with van der Waals surface area (Å²) in [6, 6.07) is 5.13. The van der Waals surface area contributed by atoms with Crippen molar-refractivity contribution in [3.8, 4) is 0 Å². The molecule has 2 aliphatic carbocycles. The van der Waals surface area contributed by atoms with Crippen LogP contribution in [0.25, 0.3) is 0 Å². The van der Waals surface area contributed by atoms with Crippen LogP contribution >= 0.6 is 0 Å². The molecule has 2 aliphatic rings. The van der Waals surface area contributed by atoms with E-state index in [1.807, 2.05) is 0 Å². The van der Waals surface area contributed by atoms with Gasteiger partial charge in [0.1, 0.15) is 0 Å². The minimum absolute atomic E-state index is 0.0290. The topological polar surface area (TPSA) is 38.0 Å². The number of hydrogen-bond donors (Lipinski definition) is 2. The maximum absolute atomic E-state index is 13.0. The van der Waals surface area contributed by atoms with Crippen molar-refractivity contribution in [1.29, 1.82) is 0 Å². The van der Waals surface area contributed by atoms with Gasteiger partial charge in [-0.3, -0.25) is 0 Å². The lowest BCUT2D eigenvalue weighted by molar-refractivity contribution is 0.152. The Morgan fingerprint density at radius 2 is 1.72 bits per heavy atom. The summed E-state index contributed by atoms with van der Waals surface area (Å²) >= 11 is 0. The second-order valence-electron chi connectivity index (χ2n) is 5.49. The molecule has 4 heteroatoms. The number of nitrogen functional groups attached to an aromatic ring is 1. The number of alkyl halides is 2. The molecular weight excluding hydrogens is 234 g/mol. The molecule has 0 bridgehead atoms. The summed E-state index contributed by atoms with van der Waals surface area (Å²) in [6.07, 6.45) is 2.44. The summed E-state index contributed by atoms with van der Waals surface area (Å²) < 4.78 is 26.0. The first kappa shape index (κ1) is 11.8. The summed E-state index contributed by atoms with van der Waals surface area (Å²) in [5.41, 5.74) is 6.56. The van der Waals surface area contributed by atoms with E-state index in [0.29, 0.717) is 29.3 Å². The average molecular weight is 252 g/mol. The monoisotopic (exact) mass is 252 g/mol. The molecule has 0 saturated heterocycles. The van der Waals surface area contributed by atoms with Crippen LogP contribution in [0.15, 0.2) is 18.2 Å². The molecule has 2 fully saturated rings. The zero-order valence-electron chi connectivity index (χ0n) is 10.2. The Kier molecular flexibility index (Phi) is 2.88. The normalized spacial score (nSPS) is 19.6. The van der Waals surface area contributed by atoms with Gasteiger partial charge in [-0.2, -0.15) is 0 Å². The quantitative estimate of drug-likeness (QED) is 0.782. The van der Waals surface area contributed by atoms with Gasteiger partial charge in [0.2, 0.25) is 0 Å². The highest BCUT2D eigenvalue weighted by atomic mass is 19.3. The van der Waals surface area contributed by atoms with Crippen LogP contribution in [0.5, 0.6) is 0 Å². The predicted molar refractivity (Wildman–Crippen MR) is 68.7 cm³/mol. The van der Waals surface area contributed by atoms with Gasteiger partial charge in [-0.1, -0.05) is 0 Å². The van der Waals surface area contributed by atoms with E-state index < -0.39 is 6.43 Å². The van der Waals surface area contributed by atoms with Crippen LogP contribution < -0.4 is 11.1 Å². The molecule has 2 saturated carbocycles. The van der Waals surface area contributed by atoms with Gasteiger partial charge in [0.05, 0.1) is 0 Å². The molecule has 98 valence electrons. The highest BCUT2D eigenvalue weighted by Crippen LogP contribution is 2.46. The van der Waals surface area contributed by atoms with E-state index in [1.54, 1.807) is 12.1 Å². The Bertz CT molecular complexity index is 427. The van der Waals surface area contributed by atoms with E-state index in [-0.39, 0.29) is 5.56 Å². The van der Waals surface area contributed by atoms with Crippen LogP contribution in [0.3, 0.4) is 0 Å². The van der Waals surface area contributed by atoms with Crippen molar-refractivity contribution in [2.45, 2.75) is 38.2 Å². The third-order valence-corrected chi connectivity index (χ3v) is 3.89. The molecule has 18 heavy (non-hydrogen) atoms. The van der Waals surface area contributed by atoms with Crippen molar-refractivity contribution in [1.82, 2.24) is 0 Å². The smallest absolute Gasteiger partial charge is 0.265 e. The van der Waals surface area contributed by atoms with Gasteiger partial charge >= 0.3 is 0 Å². The second-order valence-corrected chi connectivity index (χ2v) is 5.49. The van der Waals surface area contributed by atoms with E-state index >= 15 is 0 Å². The van der Waals surface area contributed by atoms with Crippen molar-refractivity contribution < 1.29 is 8.78 Å². The first-order valence-corrected chi connectivity index (χ1v) is 6.59. The van der Waals surface area contributed by atoms with Gasteiger partial charge in [0.25, 0.3) is 6.43 Å². The number of benzene rings is 1. The number of rotatable bonds is 5. The third kappa shape index (κ3) is 2.42. The highest BCUT2D eigenvalue weighted by molar-refractivity contribution is 5.59. The lowest BCUT2D eigenvalue weighted by Crippen LogP contribution is -2.25. The Morgan fingerprint density at radius 1 is 1.11 bits per heavy atom. The third-order valence-electron chi connectivity index (χ3n) is 3.89. The summed E-state index contributed by atoms with van der Waals surface area (Å²) in [5, 5.41) is 3.34. The summed E-state index contributed by atoms with van der Waals surface area (Å²) in [6.45, 7) is 0. The largest absolute Gasteiger partial charge is 0.399 e. The molecule has 3 rings (SSSR count). The minimum atomic E-state index is -2.48. The van der Waals surface area contributed by atoms with E-state index in [2.05, 4.69) is 5.32 Å². The lowest BCUT2D eigenvalue weighted by Gasteiger charge is -2.21. The molecule has 0 amide bonds. The Labute approximate surface area is 106 Å². The molecule has 3 N–H and O–H groups in total. The fourth-order valence-electron chi connectivity index (χ4n) is 2.60. The molecule has 0 spiro atoms. The van der Waals surface area contributed by atoms with Crippen LogP contribution in [0.2, 0.25) is 0 Å². The SMILES string of the molecule is Nc1ccc(NC(C2CC2)C2CC2)c(C(F)F)c1. The van der Waals surface area contributed by atoms with Crippen LogP contribution in [0, 0.1) is 11.8 Å². The van der Waals surface area contributed by atoms with Gasteiger partial charge in [-0.15, -0.1) is 0 Å². The van der Waals surface area contributed by atoms with Gasteiger partial charge < -0.3 is 11.1 Å². The van der Waals surface area contributed by atoms with Gasteiger partial charge in [0, 0.05) is 23.0 Å². The Hall–Kier alpha value is -1.32. The van der Waals surface area contributed by atoms with Gasteiger partial charge in [-0.25, -0.2) is 8.78 Å². The maximum Gasteiger partial charge on any atom is 0.265 e. The van der Waals surface area contributed by atoms with Crippen molar-refractivity contribution in [3.63, 3.8) is 0 Å². The van der Waals surface area contributed by atoms with Crippen LogP contribution in [0.4, 0.5) is 20.2 Å². The Morgan fingerprint density at radius 3 is 2.22 bits per heavy atom. The molecule has 0 radical (unpaired) electrons. The van der Waals surface area contributed by atoms with E-state index in [9.17, 15) is 8.78 Å². The first-order valence-electron chi connectivity index (χ1n) is 6.59. The highest BCUT2D eigenvalue weighted by Gasteiger charge is 2.41. The molecule has 2 nitrogen and oxygen atoms in total. The number of anilines is 2. The lowest BCUT2D eigenvalue weighted by atomic mass is 10.1. The molecule has 0 aromatic heterocycles. The minimum Gasteiger partial charge on any atom is -0.399 e. The fraction of sp³-hybridized carbons (Fsp3) is 0.571. The van der Waals surface area contributed by atoms with Crippen molar-refractivity contribution in [3.05, 3.63) is 23.8 Å². The summed E-state index contributed by atoms with van der Waals surface area (Å²) in [4.78, 5) is 0. The van der Waals surface area contributed by atoms with Crippen molar-refractivity contribution >= 4 is 11.4 Å². The van der Waals surface area contributed by atoms with Crippen molar-refractivity contribution in [2.75, 3.05) is 11.1 Å². The van der Waals surface area contributed by atoms with Crippen LogP contribution in [-0.2, 0) is 0 Å². The van der Waals surface area contributed by atoms with Gasteiger partial charge in [0.15, 0.2) is 0 Å². The van der Waals surface area contributed by atoms with Crippen LogP contribution in [0.1, 0.15) is 37.7 Å². The molecule has 0 heterocycles. The van der Waals surface area contributed by atoms with E-state index in [1.165, 1.54) is 31.7 Å². The van der Waals surface area contributed by atoms with E-state index in [0.717, 1.165) is 0 Å². The number of nitrogens with two attached hydrogens (primary N) is 1. The maximum atomic E-state index is 13.0. The zero-order valence-corrected chi connectivity index (χ0v) is 10.2. The molecule has 0 aliphatic heterocycles. The Balaban J connectivity index is 1.81. The molecule has 1 aromatic carbocycles. The van der Waals surface area contributed by atoms with Gasteiger partial charge in [-0.05, 0) is 55.7 Å².